The van der Waals surface area contributed by atoms with Crippen molar-refractivity contribution in [1.29, 1.82) is 0 Å². The number of aromatic nitrogens is 1. The molecule has 1 unspecified atom stereocenters. The third kappa shape index (κ3) is 10.7. The summed E-state index contributed by atoms with van der Waals surface area (Å²) in [5.41, 5.74) is 0.970. The van der Waals surface area contributed by atoms with Crippen LogP contribution in [-0.2, 0) is 16.4 Å². The van der Waals surface area contributed by atoms with E-state index in [-0.39, 0.29) is 35.8 Å². The van der Waals surface area contributed by atoms with Gasteiger partial charge in [0.1, 0.15) is 21.3 Å². The molecule has 1 heterocycles. The Balaban J connectivity index is 0.00000480. The maximum Gasteiger partial charge on any atom is 0.219 e. The van der Waals surface area contributed by atoms with Crippen molar-refractivity contribution in [3.8, 4) is 17.4 Å². The summed E-state index contributed by atoms with van der Waals surface area (Å²) >= 11 is 0. The molecule has 1 atom stereocenters. The van der Waals surface area contributed by atoms with Gasteiger partial charge in [-0.2, -0.15) is 0 Å². The Hall–Kier alpha value is -2.08. The molecular weight excluding hydrogens is 531 g/mol. The summed E-state index contributed by atoms with van der Waals surface area (Å²) in [6.07, 6.45) is 3.43. The van der Waals surface area contributed by atoms with Gasteiger partial charge in [-0.3, -0.25) is 4.99 Å². The molecule has 2 rings (SSSR count). The van der Waals surface area contributed by atoms with E-state index >= 15 is 0 Å². The van der Waals surface area contributed by atoms with Gasteiger partial charge in [0.05, 0.1) is 12.4 Å². The lowest BCUT2D eigenvalue weighted by Crippen LogP contribution is -2.42. The first kappa shape index (κ1) is 27.0. The molecule has 1 aromatic heterocycles. The van der Waals surface area contributed by atoms with Crippen molar-refractivity contribution >= 4 is 39.8 Å². The largest absolute Gasteiger partial charge is 0.494 e. The molecule has 0 amide bonds. The Morgan fingerprint density at radius 2 is 1.87 bits per heavy atom. The van der Waals surface area contributed by atoms with Gasteiger partial charge in [-0.15, -0.1) is 24.0 Å². The van der Waals surface area contributed by atoms with Crippen molar-refractivity contribution in [3.63, 3.8) is 0 Å². The van der Waals surface area contributed by atoms with E-state index in [1.807, 2.05) is 50.2 Å². The van der Waals surface area contributed by atoms with Gasteiger partial charge in [0.15, 0.2) is 5.96 Å². The van der Waals surface area contributed by atoms with Crippen molar-refractivity contribution < 1.29 is 17.9 Å². The first-order valence-corrected chi connectivity index (χ1v) is 11.9. The zero-order valence-corrected chi connectivity index (χ0v) is 21.4. The fourth-order valence-corrected chi connectivity index (χ4v) is 3.37. The number of nitrogens with zero attached hydrogens (tertiary/aromatic N) is 2. The van der Waals surface area contributed by atoms with Crippen LogP contribution in [0.25, 0.3) is 0 Å². The molecule has 31 heavy (non-hydrogen) atoms. The summed E-state index contributed by atoms with van der Waals surface area (Å²) in [5.74, 6) is 2.69. The fraction of sp³-hybridized carbons (Fsp3) is 0.429. The Morgan fingerprint density at radius 1 is 1.19 bits per heavy atom. The number of halogens is 1. The second kappa shape index (κ2) is 13.4. The van der Waals surface area contributed by atoms with E-state index in [0.29, 0.717) is 37.2 Å². The number of aliphatic imine (C=N–C) groups is 1. The van der Waals surface area contributed by atoms with Gasteiger partial charge in [-0.1, -0.05) is 0 Å². The van der Waals surface area contributed by atoms with Crippen LogP contribution in [0, 0.1) is 0 Å². The minimum atomic E-state index is -2.98. The number of ether oxygens (including phenoxy) is 2. The average molecular weight is 562 g/mol. The second-order valence-corrected chi connectivity index (χ2v) is 9.16. The number of nitrogens with one attached hydrogen (secondary N) is 2. The van der Waals surface area contributed by atoms with Gasteiger partial charge in [-0.25, -0.2) is 13.4 Å². The molecule has 1 aromatic carbocycles. The van der Waals surface area contributed by atoms with Crippen LogP contribution in [0.5, 0.6) is 17.4 Å². The molecule has 172 valence electrons. The van der Waals surface area contributed by atoms with Gasteiger partial charge >= 0.3 is 0 Å². The van der Waals surface area contributed by atoms with Crippen molar-refractivity contribution in [2.75, 3.05) is 25.7 Å². The lowest BCUT2D eigenvalue weighted by Gasteiger charge is -2.17. The lowest BCUT2D eigenvalue weighted by atomic mass is 10.2. The van der Waals surface area contributed by atoms with Gasteiger partial charge in [-0.05, 0) is 56.2 Å². The molecule has 0 fully saturated rings. The zero-order chi connectivity index (χ0) is 22.0. The van der Waals surface area contributed by atoms with Crippen LogP contribution in [0.3, 0.4) is 0 Å². The van der Waals surface area contributed by atoms with Crippen LogP contribution in [-0.4, -0.2) is 51.1 Å². The third-order valence-electron chi connectivity index (χ3n) is 4.14. The summed E-state index contributed by atoms with van der Waals surface area (Å²) in [4.78, 5) is 8.44. The van der Waals surface area contributed by atoms with E-state index in [0.717, 1.165) is 11.3 Å². The Morgan fingerprint density at radius 3 is 2.48 bits per heavy atom. The highest BCUT2D eigenvalue weighted by Gasteiger charge is 2.10. The van der Waals surface area contributed by atoms with E-state index in [1.165, 1.54) is 6.26 Å². The molecule has 0 spiro atoms. The second-order valence-electron chi connectivity index (χ2n) is 6.90. The van der Waals surface area contributed by atoms with Gasteiger partial charge in [0.2, 0.25) is 5.88 Å². The normalized spacial score (nSPS) is 12.5. The minimum Gasteiger partial charge on any atom is -0.494 e. The Labute approximate surface area is 201 Å². The third-order valence-corrected chi connectivity index (χ3v) is 5.12. The van der Waals surface area contributed by atoms with E-state index in [1.54, 1.807) is 13.2 Å². The molecular formula is C21H31IN4O4S. The molecule has 0 aliphatic heterocycles. The van der Waals surface area contributed by atoms with Crippen molar-refractivity contribution in [2.45, 2.75) is 32.9 Å². The zero-order valence-electron chi connectivity index (χ0n) is 18.3. The van der Waals surface area contributed by atoms with E-state index < -0.39 is 9.84 Å². The highest BCUT2D eigenvalue weighted by molar-refractivity contribution is 14.0. The Kier molecular flexibility index (Phi) is 11.6. The topological polar surface area (TPSA) is 102 Å². The molecule has 8 nitrogen and oxygen atoms in total. The highest BCUT2D eigenvalue weighted by Crippen LogP contribution is 2.23. The molecule has 0 saturated heterocycles. The number of guanidine groups is 1. The smallest absolute Gasteiger partial charge is 0.219 e. The first-order valence-electron chi connectivity index (χ1n) is 9.79. The van der Waals surface area contributed by atoms with Gasteiger partial charge in [0.25, 0.3) is 0 Å². The summed E-state index contributed by atoms with van der Waals surface area (Å²) < 4.78 is 33.9. The fourth-order valence-electron chi connectivity index (χ4n) is 2.58. The number of hydrogen-bond acceptors (Lipinski definition) is 6. The summed E-state index contributed by atoms with van der Waals surface area (Å²) in [6.45, 7) is 4.99. The predicted molar refractivity (Wildman–Crippen MR) is 134 cm³/mol. The molecule has 2 aromatic rings. The summed E-state index contributed by atoms with van der Waals surface area (Å²) in [5, 5.41) is 6.41. The predicted octanol–water partition coefficient (Wildman–Crippen LogP) is 3.38. The summed E-state index contributed by atoms with van der Waals surface area (Å²) in [6, 6.07) is 11.1. The molecule has 2 N–H and O–H groups in total. The molecule has 0 bridgehead atoms. The van der Waals surface area contributed by atoms with Crippen LogP contribution < -0.4 is 20.1 Å². The first-order chi connectivity index (χ1) is 14.3. The van der Waals surface area contributed by atoms with Crippen LogP contribution in [0.15, 0.2) is 47.6 Å². The van der Waals surface area contributed by atoms with Crippen LogP contribution >= 0.6 is 24.0 Å². The van der Waals surface area contributed by atoms with Gasteiger partial charge < -0.3 is 20.1 Å². The van der Waals surface area contributed by atoms with Crippen molar-refractivity contribution in [2.24, 2.45) is 4.99 Å². The monoisotopic (exact) mass is 562 g/mol. The number of sulfone groups is 1. The molecule has 0 aliphatic rings. The van der Waals surface area contributed by atoms with Gasteiger partial charge in [0, 0.05) is 38.2 Å². The maximum absolute atomic E-state index is 11.3. The minimum absolute atomic E-state index is 0. The van der Waals surface area contributed by atoms with Crippen LogP contribution in [0.4, 0.5) is 0 Å². The van der Waals surface area contributed by atoms with Crippen molar-refractivity contribution in [3.05, 3.63) is 48.2 Å². The highest BCUT2D eigenvalue weighted by atomic mass is 127. The van der Waals surface area contributed by atoms with E-state index in [2.05, 4.69) is 20.6 Å². The average Bonchev–Trinajstić information content (AvgIpc) is 2.71. The molecule has 10 heteroatoms. The van der Waals surface area contributed by atoms with E-state index in [9.17, 15) is 8.42 Å². The summed E-state index contributed by atoms with van der Waals surface area (Å²) in [7, 11) is -1.31. The molecule has 0 radical (unpaired) electrons. The quantitative estimate of drug-likeness (QED) is 0.260. The van der Waals surface area contributed by atoms with Crippen molar-refractivity contribution in [1.82, 2.24) is 15.6 Å². The molecule has 0 saturated carbocycles. The maximum atomic E-state index is 11.3. The number of pyridine rings is 1. The number of rotatable bonds is 10. The Bertz CT molecular complexity index is 937. The van der Waals surface area contributed by atoms with Crippen LogP contribution in [0.2, 0.25) is 0 Å². The molecule has 0 aliphatic carbocycles. The SMILES string of the molecule is CCOc1ccc(Oc2cc(CNC(=NC)NC(C)CCS(C)(=O)=O)ccn2)cc1.I. The van der Waals surface area contributed by atoms with Crippen LogP contribution in [0.1, 0.15) is 25.8 Å². The van der Waals surface area contributed by atoms with E-state index in [4.69, 9.17) is 9.47 Å². The number of hydrogen-bond donors (Lipinski definition) is 2. The number of benzene rings is 1. The standard InChI is InChI=1S/C21H30N4O4S.HI/c1-5-28-18-6-8-19(9-7-18)29-20-14-17(10-12-23-20)15-24-21(22-3)25-16(2)11-13-30(4,26)27;/h6-10,12,14,16H,5,11,13,15H2,1-4H3,(H2,22,24,25);1H. The lowest BCUT2D eigenvalue weighted by molar-refractivity contribution is 0.339.